The van der Waals surface area contributed by atoms with Crippen molar-refractivity contribution in [3.8, 4) is 0 Å². The molecule has 0 bridgehead atoms. The van der Waals surface area contributed by atoms with E-state index in [2.05, 4.69) is 6.42 Å². The van der Waals surface area contributed by atoms with Crippen LogP contribution in [0.4, 0.5) is 0 Å². The van der Waals surface area contributed by atoms with Crippen LogP contribution in [0.1, 0.15) is 19.3 Å². The molecule has 0 aromatic carbocycles. The van der Waals surface area contributed by atoms with Gasteiger partial charge >= 0.3 is 19.5 Å². The van der Waals surface area contributed by atoms with Gasteiger partial charge in [-0.3, -0.25) is 0 Å². The zero-order valence-corrected chi connectivity index (χ0v) is 9.49. The molecule has 0 aromatic rings. The van der Waals surface area contributed by atoms with E-state index in [9.17, 15) is 0 Å². The normalized spacial score (nSPS) is 13.7. The van der Waals surface area contributed by atoms with Gasteiger partial charge in [0.2, 0.25) is 0 Å². The van der Waals surface area contributed by atoms with Crippen LogP contribution < -0.4 is 0 Å². The van der Waals surface area contributed by atoms with Crippen LogP contribution in [-0.4, -0.2) is 0 Å². The van der Waals surface area contributed by atoms with E-state index in [1.54, 1.807) is 0 Å². The van der Waals surface area contributed by atoms with E-state index >= 15 is 0 Å². The van der Waals surface area contributed by atoms with E-state index in [1.165, 1.54) is 19.3 Å². The van der Waals surface area contributed by atoms with E-state index in [4.69, 9.17) is 0 Å². The number of hydrogen-bond acceptors (Lipinski definition) is 0. The summed E-state index contributed by atoms with van der Waals surface area (Å²) in [7, 11) is 0. The summed E-state index contributed by atoms with van der Waals surface area (Å²) in [5.41, 5.74) is 0. The maximum Gasteiger partial charge on any atom is 2.00 e. The van der Waals surface area contributed by atoms with Crippen molar-refractivity contribution in [1.82, 2.24) is 0 Å². The molecular weight excluding hydrogens is 205 g/mol. The maximum absolute atomic E-state index is 2.31. The second-order valence-corrected chi connectivity index (χ2v) is 1.22. The van der Waals surface area contributed by atoms with Gasteiger partial charge < -0.3 is 13.8 Å². The summed E-state index contributed by atoms with van der Waals surface area (Å²) in [5.74, 6) is 0. The minimum Gasteiger partial charge on any atom is -0.358 e. The summed E-state index contributed by atoms with van der Waals surface area (Å²) >= 11 is 0. The van der Waals surface area contributed by atoms with Gasteiger partial charge in [0.15, 0.2) is 0 Å². The second kappa shape index (κ2) is 10.2. The quantitative estimate of drug-likeness (QED) is 0.431. The molecule has 0 amide bonds. The van der Waals surface area contributed by atoms with Crippen molar-refractivity contribution in [3.63, 3.8) is 0 Å². The van der Waals surface area contributed by atoms with E-state index in [0.29, 0.717) is 0 Å². The molecule has 0 heterocycles. The molecule has 7 heavy (non-hydrogen) atoms. The smallest absolute Gasteiger partial charge is 0.358 e. The average molecular weight is 216 g/mol. The molecule has 0 nitrogen and oxygen atoms in total. The standard InChI is InChI=1S/C4H7.CH3.BrH.Zn/c1-2-4-3-1;;;/h1H,2-4H2;1H3;1H;/q2*-1;;+2. The summed E-state index contributed by atoms with van der Waals surface area (Å²) in [6.07, 6.45) is 6.50. The van der Waals surface area contributed by atoms with Crippen LogP contribution in [0.3, 0.4) is 0 Å². The molecule has 0 radical (unpaired) electrons. The van der Waals surface area contributed by atoms with Crippen LogP contribution >= 0.6 is 17.0 Å². The second-order valence-electron chi connectivity index (χ2n) is 1.22. The van der Waals surface area contributed by atoms with Crippen molar-refractivity contribution in [3.05, 3.63) is 13.8 Å². The predicted octanol–water partition coefficient (Wildman–Crippen LogP) is 2.40. The van der Waals surface area contributed by atoms with E-state index in [0.717, 1.165) is 0 Å². The maximum atomic E-state index is 2.31. The first kappa shape index (κ1) is 15.7. The molecule has 0 unspecified atom stereocenters. The van der Waals surface area contributed by atoms with Gasteiger partial charge in [0.1, 0.15) is 0 Å². The van der Waals surface area contributed by atoms with Gasteiger partial charge in [-0.1, -0.05) is 0 Å². The summed E-state index contributed by atoms with van der Waals surface area (Å²) < 4.78 is 0. The summed E-state index contributed by atoms with van der Waals surface area (Å²) in [4.78, 5) is 0. The molecular formula is C5H11BrZn. The van der Waals surface area contributed by atoms with Crippen molar-refractivity contribution in [2.24, 2.45) is 0 Å². The van der Waals surface area contributed by atoms with Gasteiger partial charge in [-0.2, -0.15) is 12.8 Å². The van der Waals surface area contributed by atoms with Crippen LogP contribution in [0.5, 0.6) is 0 Å². The Morgan fingerprint density at radius 1 is 1.14 bits per heavy atom. The third kappa shape index (κ3) is 7.10. The van der Waals surface area contributed by atoms with Crippen LogP contribution in [0.2, 0.25) is 0 Å². The van der Waals surface area contributed by atoms with Crippen molar-refractivity contribution in [2.45, 2.75) is 19.3 Å². The Kier molecular flexibility index (Phi) is 22.8. The van der Waals surface area contributed by atoms with E-state index < -0.39 is 0 Å². The number of rotatable bonds is 0. The van der Waals surface area contributed by atoms with Crippen molar-refractivity contribution in [1.29, 1.82) is 0 Å². The molecule has 0 aliphatic heterocycles. The molecule has 1 fully saturated rings. The molecule has 0 aromatic heterocycles. The van der Waals surface area contributed by atoms with Gasteiger partial charge in [0, 0.05) is 0 Å². The fourth-order valence-corrected chi connectivity index (χ4v) is 0.204. The van der Waals surface area contributed by atoms with Crippen LogP contribution in [0.15, 0.2) is 0 Å². The fourth-order valence-electron chi connectivity index (χ4n) is 0.204. The molecule has 0 spiro atoms. The van der Waals surface area contributed by atoms with Crippen LogP contribution in [-0.2, 0) is 19.5 Å². The minimum absolute atomic E-state index is 0. The van der Waals surface area contributed by atoms with Gasteiger partial charge in [-0.15, -0.1) is 23.4 Å². The van der Waals surface area contributed by atoms with Crippen LogP contribution in [0, 0.1) is 13.8 Å². The molecule has 1 saturated carbocycles. The summed E-state index contributed by atoms with van der Waals surface area (Å²) in [6, 6.07) is 0. The molecule has 0 N–H and O–H groups in total. The van der Waals surface area contributed by atoms with E-state index in [1.807, 2.05) is 0 Å². The van der Waals surface area contributed by atoms with Gasteiger partial charge in [0.05, 0.1) is 0 Å². The Morgan fingerprint density at radius 2 is 1.29 bits per heavy atom. The number of hydrogen-bond donors (Lipinski definition) is 0. The fraction of sp³-hybridized carbons (Fsp3) is 0.600. The summed E-state index contributed by atoms with van der Waals surface area (Å²) in [5, 5.41) is 0. The summed E-state index contributed by atoms with van der Waals surface area (Å²) in [6.45, 7) is 0. The van der Waals surface area contributed by atoms with Crippen molar-refractivity contribution >= 4 is 17.0 Å². The zero-order valence-electron chi connectivity index (χ0n) is 4.81. The SMILES string of the molecule is Br.[CH-]1CCC1.[CH3-].[Zn+2]. The first-order valence-electron chi connectivity index (χ1n) is 1.82. The molecule has 1 aliphatic carbocycles. The third-order valence-corrected chi connectivity index (χ3v) is 0.816. The monoisotopic (exact) mass is 214 g/mol. The predicted molar refractivity (Wildman–Crippen MR) is 34.9 cm³/mol. The first-order valence-corrected chi connectivity index (χ1v) is 1.82. The topological polar surface area (TPSA) is 0 Å². The van der Waals surface area contributed by atoms with Crippen LogP contribution in [0.25, 0.3) is 0 Å². The van der Waals surface area contributed by atoms with E-state index in [-0.39, 0.29) is 43.9 Å². The van der Waals surface area contributed by atoms with Crippen molar-refractivity contribution in [2.75, 3.05) is 0 Å². The molecule has 0 atom stereocenters. The Morgan fingerprint density at radius 3 is 1.29 bits per heavy atom. The Bertz CT molecular complexity index is 16.0. The van der Waals surface area contributed by atoms with Crippen molar-refractivity contribution < 1.29 is 19.5 Å². The third-order valence-electron chi connectivity index (χ3n) is 0.816. The Hall–Kier alpha value is 1.10. The largest absolute Gasteiger partial charge is 2.00 e. The van der Waals surface area contributed by atoms with Gasteiger partial charge in [-0.05, 0) is 0 Å². The Balaban J connectivity index is -0.0000000533. The minimum atomic E-state index is 0. The first-order chi connectivity index (χ1) is 2.00. The molecule has 40 valence electrons. The molecule has 2 heteroatoms. The molecule has 1 rings (SSSR count). The molecule has 0 saturated heterocycles. The number of halogens is 1. The zero-order chi connectivity index (χ0) is 2.83. The Labute approximate surface area is 69.6 Å². The van der Waals surface area contributed by atoms with Gasteiger partial charge in [0.25, 0.3) is 0 Å². The molecule has 1 aliphatic rings. The van der Waals surface area contributed by atoms with Gasteiger partial charge in [-0.25, -0.2) is 0 Å². The average Bonchev–Trinajstić information content (AvgIpc) is 0.722.